The van der Waals surface area contributed by atoms with E-state index < -0.39 is 5.25 Å². The second-order valence-electron chi connectivity index (χ2n) is 7.25. The third-order valence-electron chi connectivity index (χ3n) is 5.03. The Morgan fingerprint density at radius 2 is 1.96 bits per heavy atom. The first kappa shape index (κ1) is 17.5. The molecule has 1 heterocycles. The molecule has 2 N–H and O–H groups in total. The summed E-state index contributed by atoms with van der Waals surface area (Å²) in [6.07, 6.45) is 8.08. The summed E-state index contributed by atoms with van der Waals surface area (Å²) in [5.41, 5.74) is 0.761. The first-order valence-electron chi connectivity index (χ1n) is 9.31. The minimum absolute atomic E-state index is 0.0637. The molecule has 2 aliphatic rings. The Morgan fingerprint density at radius 3 is 2.65 bits per heavy atom. The minimum Gasteiger partial charge on any atom is -0.352 e. The highest BCUT2D eigenvalue weighted by molar-refractivity contribution is 8.00. The van der Waals surface area contributed by atoms with Crippen molar-refractivity contribution in [3.8, 4) is 0 Å². The van der Waals surface area contributed by atoms with Crippen molar-refractivity contribution >= 4 is 17.7 Å². The van der Waals surface area contributed by atoms with E-state index in [9.17, 15) is 9.18 Å². The number of nitrogens with zero attached hydrogens (tertiary/aromatic N) is 2. The standard InChI is InChI=1S/C19H23FN4OS/c20-14-7-5-13(6-8-14)17(18(25)21-15-9-10-15)26-19-22-16(23-24-19)11-12-3-1-2-4-12/h5-8,12,15,17H,1-4,9-11H2,(H,21,25)(H,22,23,24)/t17-/m1/s1. The van der Waals surface area contributed by atoms with E-state index in [0.717, 1.165) is 30.7 Å². The molecule has 138 valence electrons. The van der Waals surface area contributed by atoms with Crippen LogP contribution < -0.4 is 5.32 Å². The maximum atomic E-state index is 13.3. The van der Waals surface area contributed by atoms with Crippen molar-refractivity contribution in [2.75, 3.05) is 0 Å². The number of aromatic nitrogens is 3. The minimum atomic E-state index is -0.480. The van der Waals surface area contributed by atoms with Crippen LogP contribution in [0.5, 0.6) is 0 Å². The van der Waals surface area contributed by atoms with E-state index >= 15 is 0 Å². The topological polar surface area (TPSA) is 70.7 Å². The number of hydrogen-bond donors (Lipinski definition) is 2. The van der Waals surface area contributed by atoms with Crippen LogP contribution in [-0.4, -0.2) is 27.1 Å². The lowest BCUT2D eigenvalue weighted by Crippen LogP contribution is -2.29. The zero-order chi connectivity index (χ0) is 17.9. The van der Waals surface area contributed by atoms with Gasteiger partial charge in [0, 0.05) is 12.5 Å². The molecule has 4 rings (SSSR count). The summed E-state index contributed by atoms with van der Waals surface area (Å²) in [4.78, 5) is 17.3. The predicted molar refractivity (Wildman–Crippen MR) is 98.2 cm³/mol. The highest BCUT2D eigenvalue weighted by Crippen LogP contribution is 2.35. The van der Waals surface area contributed by atoms with Gasteiger partial charge in [0.2, 0.25) is 11.1 Å². The predicted octanol–water partition coefficient (Wildman–Crippen LogP) is 3.79. The molecule has 2 aliphatic carbocycles. The zero-order valence-corrected chi connectivity index (χ0v) is 15.4. The molecule has 0 bridgehead atoms. The molecule has 1 atom stereocenters. The normalized spacial score (nSPS) is 18.8. The highest BCUT2D eigenvalue weighted by atomic mass is 32.2. The quantitative estimate of drug-likeness (QED) is 0.724. The number of amides is 1. The van der Waals surface area contributed by atoms with Gasteiger partial charge in [-0.15, -0.1) is 5.10 Å². The molecule has 5 nitrogen and oxygen atoms in total. The van der Waals surface area contributed by atoms with Crippen molar-refractivity contribution in [1.82, 2.24) is 20.5 Å². The molecular formula is C19H23FN4OS. The van der Waals surface area contributed by atoms with Crippen molar-refractivity contribution in [1.29, 1.82) is 0 Å². The van der Waals surface area contributed by atoms with Gasteiger partial charge in [-0.1, -0.05) is 49.6 Å². The van der Waals surface area contributed by atoms with Crippen molar-refractivity contribution in [3.05, 3.63) is 41.5 Å². The van der Waals surface area contributed by atoms with Gasteiger partial charge in [0.15, 0.2) is 0 Å². The largest absolute Gasteiger partial charge is 0.352 e. The molecule has 0 saturated heterocycles. The van der Waals surface area contributed by atoms with E-state index in [1.165, 1.54) is 49.6 Å². The first-order chi connectivity index (χ1) is 12.7. The second kappa shape index (κ2) is 7.78. The van der Waals surface area contributed by atoms with Crippen LogP contribution >= 0.6 is 11.8 Å². The molecule has 0 radical (unpaired) electrons. The lowest BCUT2D eigenvalue weighted by Gasteiger charge is -2.15. The molecule has 26 heavy (non-hydrogen) atoms. The fourth-order valence-electron chi connectivity index (χ4n) is 3.43. The number of thioether (sulfide) groups is 1. The maximum Gasteiger partial charge on any atom is 0.238 e. The molecule has 1 aromatic carbocycles. The molecule has 1 aromatic heterocycles. The van der Waals surface area contributed by atoms with Crippen molar-refractivity contribution in [3.63, 3.8) is 0 Å². The average Bonchev–Trinajstić information content (AvgIpc) is 3.11. The molecule has 7 heteroatoms. The molecule has 2 aromatic rings. The number of carbonyl (C=O) groups is 1. The summed E-state index contributed by atoms with van der Waals surface area (Å²) < 4.78 is 13.3. The number of halogens is 1. The van der Waals surface area contributed by atoms with Crippen molar-refractivity contribution in [2.45, 2.75) is 61.4 Å². The van der Waals surface area contributed by atoms with Crippen LogP contribution in [0.25, 0.3) is 0 Å². The summed E-state index contributed by atoms with van der Waals surface area (Å²) in [7, 11) is 0. The first-order valence-corrected chi connectivity index (χ1v) is 10.2. The number of carbonyl (C=O) groups excluding carboxylic acids is 1. The van der Waals surface area contributed by atoms with Crippen LogP contribution in [0.15, 0.2) is 29.4 Å². The zero-order valence-electron chi connectivity index (χ0n) is 14.6. The van der Waals surface area contributed by atoms with E-state index in [2.05, 4.69) is 20.5 Å². The Labute approximate surface area is 156 Å². The van der Waals surface area contributed by atoms with E-state index in [-0.39, 0.29) is 17.8 Å². The number of rotatable bonds is 7. The van der Waals surface area contributed by atoms with Crippen LogP contribution in [-0.2, 0) is 11.2 Å². The molecule has 2 saturated carbocycles. The molecule has 0 aliphatic heterocycles. The Kier molecular flexibility index (Phi) is 5.24. The van der Waals surface area contributed by atoms with Gasteiger partial charge in [0.1, 0.15) is 16.9 Å². The number of hydrogen-bond acceptors (Lipinski definition) is 4. The fraction of sp³-hybridized carbons (Fsp3) is 0.526. The third-order valence-corrected chi connectivity index (χ3v) is 6.14. The Morgan fingerprint density at radius 1 is 1.23 bits per heavy atom. The van der Waals surface area contributed by atoms with Crippen LogP contribution in [0.1, 0.15) is 55.2 Å². The van der Waals surface area contributed by atoms with Gasteiger partial charge in [0.05, 0.1) is 0 Å². The monoisotopic (exact) mass is 374 g/mol. The Balaban J connectivity index is 1.47. The molecular weight excluding hydrogens is 351 g/mol. The molecule has 2 fully saturated rings. The fourth-order valence-corrected chi connectivity index (χ4v) is 4.37. The Hall–Kier alpha value is -1.89. The third kappa shape index (κ3) is 4.44. The van der Waals surface area contributed by atoms with Crippen molar-refractivity contribution < 1.29 is 9.18 Å². The maximum absolute atomic E-state index is 13.3. The van der Waals surface area contributed by atoms with Crippen molar-refractivity contribution in [2.24, 2.45) is 5.92 Å². The smallest absolute Gasteiger partial charge is 0.238 e. The Bertz CT molecular complexity index is 753. The van der Waals surface area contributed by atoms with Gasteiger partial charge in [-0.25, -0.2) is 9.37 Å². The lowest BCUT2D eigenvalue weighted by molar-refractivity contribution is -0.120. The lowest BCUT2D eigenvalue weighted by atomic mass is 10.0. The number of H-pyrrole nitrogens is 1. The van der Waals surface area contributed by atoms with Crippen LogP contribution in [0.3, 0.4) is 0 Å². The van der Waals surface area contributed by atoms with Gasteiger partial charge in [-0.05, 0) is 36.5 Å². The summed E-state index contributed by atoms with van der Waals surface area (Å²) in [5, 5.41) is 10.4. The summed E-state index contributed by atoms with van der Waals surface area (Å²) in [6, 6.07) is 6.36. The molecule has 0 spiro atoms. The van der Waals surface area contributed by atoms with E-state index in [1.807, 2.05) is 0 Å². The van der Waals surface area contributed by atoms with Gasteiger partial charge < -0.3 is 5.32 Å². The second-order valence-corrected chi connectivity index (χ2v) is 8.32. The van der Waals surface area contributed by atoms with Crippen LogP contribution in [0, 0.1) is 11.7 Å². The number of aromatic amines is 1. The number of nitrogens with one attached hydrogen (secondary N) is 2. The SMILES string of the molecule is O=C(NC1CC1)[C@H](Sc1n[nH]c(CC2CCCC2)n1)c1ccc(F)cc1. The molecule has 0 unspecified atom stereocenters. The van der Waals surface area contributed by atoms with Gasteiger partial charge >= 0.3 is 0 Å². The van der Waals surface area contributed by atoms with Gasteiger partial charge in [0.25, 0.3) is 0 Å². The summed E-state index contributed by atoms with van der Waals surface area (Å²) >= 11 is 1.32. The van der Waals surface area contributed by atoms with E-state index in [1.54, 1.807) is 12.1 Å². The summed E-state index contributed by atoms with van der Waals surface area (Å²) in [5.74, 6) is 1.20. The van der Waals surface area contributed by atoms with Crippen LogP contribution in [0.4, 0.5) is 4.39 Å². The average molecular weight is 374 g/mol. The van der Waals surface area contributed by atoms with E-state index in [0.29, 0.717) is 11.1 Å². The summed E-state index contributed by atoms with van der Waals surface area (Å²) in [6.45, 7) is 0. The molecule has 1 amide bonds. The number of benzene rings is 1. The van der Waals surface area contributed by atoms with E-state index in [4.69, 9.17) is 0 Å². The van der Waals surface area contributed by atoms with Crippen LogP contribution in [0.2, 0.25) is 0 Å². The highest BCUT2D eigenvalue weighted by Gasteiger charge is 2.30. The van der Waals surface area contributed by atoms with Gasteiger partial charge in [-0.2, -0.15) is 0 Å². The van der Waals surface area contributed by atoms with Gasteiger partial charge in [-0.3, -0.25) is 9.89 Å².